The van der Waals surface area contributed by atoms with E-state index in [0.29, 0.717) is 0 Å². The molecule has 18 heavy (non-hydrogen) atoms. The molecule has 0 aliphatic heterocycles. The molecule has 0 unspecified atom stereocenters. The number of aromatic nitrogens is 3. The van der Waals surface area contributed by atoms with Crippen LogP contribution >= 0.6 is 0 Å². The molecule has 0 spiro atoms. The van der Waals surface area contributed by atoms with Gasteiger partial charge in [-0.05, 0) is 32.1 Å². The van der Waals surface area contributed by atoms with E-state index in [0.717, 1.165) is 31.0 Å². The predicted molar refractivity (Wildman–Crippen MR) is 73.2 cm³/mol. The van der Waals surface area contributed by atoms with Crippen molar-refractivity contribution in [2.24, 2.45) is 0 Å². The van der Waals surface area contributed by atoms with Crippen molar-refractivity contribution in [2.75, 3.05) is 32.1 Å². The van der Waals surface area contributed by atoms with Crippen LogP contribution < -0.4 is 10.2 Å². The number of anilines is 1. The Labute approximate surface area is 107 Å². The Balaban J connectivity index is 2.12. The number of para-hydroxylation sites is 1. The molecule has 2 rings (SSSR count). The highest BCUT2D eigenvalue weighted by molar-refractivity contribution is 5.44. The number of benzene rings is 1. The van der Waals surface area contributed by atoms with Gasteiger partial charge in [-0.25, -0.2) is 0 Å². The van der Waals surface area contributed by atoms with Crippen LogP contribution in [0.2, 0.25) is 0 Å². The van der Waals surface area contributed by atoms with Gasteiger partial charge in [0, 0.05) is 13.6 Å². The summed E-state index contributed by atoms with van der Waals surface area (Å²) in [7, 11) is 4.03. The summed E-state index contributed by atoms with van der Waals surface area (Å²) in [6, 6.07) is 10.1. The lowest BCUT2D eigenvalue weighted by Gasteiger charge is -2.19. The number of hydrogen-bond donors (Lipinski definition) is 1. The molecule has 2 aromatic rings. The number of hydrogen-bond acceptors (Lipinski definition) is 4. The van der Waals surface area contributed by atoms with Crippen molar-refractivity contribution < 1.29 is 0 Å². The zero-order valence-electron chi connectivity index (χ0n) is 10.9. The van der Waals surface area contributed by atoms with Crippen LogP contribution in [-0.2, 0) is 0 Å². The number of rotatable bonds is 6. The lowest BCUT2D eigenvalue weighted by atomic mass is 10.3. The molecule has 1 N–H and O–H groups in total. The van der Waals surface area contributed by atoms with Crippen molar-refractivity contribution in [3.05, 3.63) is 36.5 Å². The van der Waals surface area contributed by atoms with Crippen LogP contribution in [0.4, 0.5) is 5.82 Å². The largest absolute Gasteiger partial charge is 0.358 e. The molecule has 96 valence electrons. The van der Waals surface area contributed by atoms with Gasteiger partial charge in [-0.2, -0.15) is 4.68 Å². The molecule has 5 heteroatoms. The molecular weight excluding hydrogens is 226 g/mol. The highest BCUT2D eigenvalue weighted by atomic mass is 15.5. The normalized spacial score (nSPS) is 10.6. The minimum atomic E-state index is 0.973. The van der Waals surface area contributed by atoms with E-state index < -0.39 is 0 Å². The summed E-state index contributed by atoms with van der Waals surface area (Å²) < 4.78 is 1.86. The molecular formula is C13H19N5. The summed E-state index contributed by atoms with van der Waals surface area (Å²) in [5.74, 6) is 1.01. The summed E-state index contributed by atoms with van der Waals surface area (Å²) >= 11 is 0. The summed E-state index contributed by atoms with van der Waals surface area (Å²) in [6.07, 6.45) is 2.89. The third-order valence-electron chi connectivity index (χ3n) is 2.84. The smallest absolute Gasteiger partial charge is 0.152 e. The molecule has 1 heterocycles. The van der Waals surface area contributed by atoms with Crippen molar-refractivity contribution in [3.8, 4) is 5.69 Å². The second-order valence-corrected chi connectivity index (χ2v) is 4.22. The third-order valence-corrected chi connectivity index (χ3v) is 2.84. The molecule has 0 saturated carbocycles. The van der Waals surface area contributed by atoms with E-state index in [4.69, 9.17) is 0 Å². The highest BCUT2D eigenvalue weighted by Gasteiger charge is 2.09. The van der Waals surface area contributed by atoms with Crippen LogP contribution in [0, 0.1) is 0 Å². The van der Waals surface area contributed by atoms with Gasteiger partial charge in [-0.3, -0.25) is 0 Å². The molecule has 0 atom stereocenters. The predicted octanol–water partition coefficient (Wildman–Crippen LogP) is 1.31. The maximum atomic E-state index is 4.15. The molecule has 0 saturated heterocycles. The van der Waals surface area contributed by atoms with E-state index in [2.05, 4.69) is 27.6 Å². The van der Waals surface area contributed by atoms with Crippen molar-refractivity contribution >= 4 is 5.82 Å². The molecule has 1 aromatic carbocycles. The summed E-state index contributed by atoms with van der Waals surface area (Å²) in [5.41, 5.74) is 1.03. The van der Waals surface area contributed by atoms with Crippen molar-refractivity contribution in [2.45, 2.75) is 6.42 Å². The molecule has 0 aliphatic rings. The molecule has 1 aromatic heterocycles. The standard InChI is InChI=1S/C13H19N5/c1-14-9-6-10-17(2)13-11-15-16-18(13)12-7-4-3-5-8-12/h3-5,7-8,11,14H,6,9-10H2,1-2H3. The van der Waals surface area contributed by atoms with Gasteiger partial charge in [-0.1, -0.05) is 23.4 Å². The molecule has 0 aliphatic carbocycles. The van der Waals surface area contributed by atoms with E-state index in [9.17, 15) is 0 Å². The van der Waals surface area contributed by atoms with Crippen LogP contribution in [0.5, 0.6) is 0 Å². The van der Waals surface area contributed by atoms with Crippen molar-refractivity contribution in [1.29, 1.82) is 0 Å². The zero-order chi connectivity index (χ0) is 12.8. The fourth-order valence-electron chi connectivity index (χ4n) is 1.85. The van der Waals surface area contributed by atoms with Gasteiger partial charge in [-0.15, -0.1) is 5.10 Å². The van der Waals surface area contributed by atoms with E-state index in [1.54, 1.807) is 6.20 Å². The first kappa shape index (κ1) is 12.6. The Morgan fingerprint density at radius 2 is 2.06 bits per heavy atom. The Kier molecular flexibility index (Phi) is 4.30. The first-order chi connectivity index (χ1) is 8.83. The lowest BCUT2D eigenvalue weighted by Crippen LogP contribution is -2.24. The van der Waals surface area contributed by atoms with Gasteiger partial charge in [0.25, 0.3) is 0 Å². The van der Waals surface area contributed by atoms with Crippen LogP contribution in [0.15, 0.2) is 36.5 Å². The topological polar surface area (TPSA) is 46.0 Å². The van der Waals surface area contributed by atoms with E-state index in [1.165, 1.54) is 0 Å². The third kappa shape index (κ3) is 2.87. The monoisotopic (exact) mass is 245 g/mol. The SMILES string of the molecule is CNCCCN(C)c1cnnn1-c1ccccc1. The van der Waals surface area contributed by atoms with E-state index >= 15 is 0 Å². The van der Waals surface area contributed by atoms with E-state index in [1.807, 2.05) is 42.1 Å². The van der Waals surface area contributed by atoms with Gasteiger partial charge >= 0.3 is 0 Å². The Morgan fingerprint density at radius 3 is 2.78 bits per heavy atom. The van der Waals surface area contributed by atoms with Crippen LogP contribution in [0.1, 0.15) is 6.42 Å². The van der Waals surface area contributed by atoms with Crippen molar-refractivity contribution in [1.82, 2.24) is 20.3 Å². The average molecular weight is 245 g/mol. The maximum absolute atomic E-state index is 4.15. The van der Waals surface area contributed by atoms with Gasteiger partial charge in [0.05, 0.1) is 11.9 Å². The first-order valence-corrected chi connectivity index (χ1v) is 6.15. The molecule has 0 radical (unpaired) electrons. The van der Waals surface area contributed by atoms with Crippen LogP contribution in [-0.4, -0.2) is 42.2 Å². The molecule has 5 nitrogen and oxygen atoms in total. The fourth-order valence-corrected chi connectivity index (χ4v) is 1.85. The van der Waals surface area contributed by atoms with Crippen LogP contribution in [0.3, 0.4) is 0 Å². The Hall–Kier alpha value is -1.88. The summed E-state index contributed by atoms with van der Waals surface area (Å²) in [4.78, 5) is 2.17. The van der Waals surface area contributed by atoms with Gasteiger partial charge in [0.15, 0.2) is 5.82 Å². The minimum Gasteiger partial charge on any atom is -0.358 e. The van der Waals surface area contributed by atoms with Crippen molar-refractivity contribution in [3.63, 3.8) is 0 Å². The van der Waals surface area contributed by atoms with Gasteiger partial charge in [0.2, 0.25) is 0 Å². The fraction of sp³-hybridized carbons (Fsp3) is 0.385. The number of nitrogens with one attached hydrogen (secondary N) is 1. The van der Waals surface area contributed by atoms with E-state index in [-0.39, 0.29) is 0 Å². The second kappa shape index (κ2) is 6.16. The van der Waals surface area contributed by atoms with Gasteiger partial charge < -0.3 is 10.2 Å². The number of nitrogens with zero attached hydrogens (tertiary/aromatic N) is 4. The van der Waals surface area contributed by atoms with Crippen LogP contribution in [0.25, 0.3) is 5.69 Å². The Morgan fingerprint density at radius 1 is 1.28 bits per heavy atom. The summed E-state index contributed by atoms with van der Waals surface area (Å²) in [5, 5.41) is 11.3. The highest BCUT2D eigenvalue weighted by Crippen LogP contribution is 2.16. The average Bonchev–Trinajstić information content (AvgIpc) is 2.89. The second-order valence-electron chi connectivity index (χ2n) is 4.22. The zero-order valence-corrected chi connectivity index (χ0v) is 10.9. The Bertz CT molecular complexity index is 465. The quantitative estimate of drug-likeness (QED) is 0.780. The summed E-state index contributed by atoms with van der Waals surface area (Å²) in [6.45, 7) is 1.98. The first-order valence-electron chi connectivity index (χ1n) is 6.15. The van der Waals surface area contributed by atoms with Gasteiger partial charge in [0.1, 0.15) is 0 Å². The molecule has 0 fully saturated rings. The molecule has 0 amide bonds. The molecule has 0 bridgehead atoms. The maximum Gasteiger partial charge on any atom is 0.152 e. The lowest BCUT2D eigenvalue weighted by molar-refractivity contribution is 0.698. The minimum absolute atomic E-state index is 0.973.